The van der Waals surface area contributed by atoms with Crippen molar-refractivity contribution in [3.8, 4) is 0 Å². The van der Waals surface area contributed by atoms with Crippen molar-refractivity contribution in [2.75, 3.05) is 5.75 Å². The van der Waals surface area contributed by atoms with E-state index in [2.05, 4.69) is 0 Å². The summed E-state index contributed by atoms with van der Waals surface area (Å²) in [6, 6.07) is 5.75. The topological polar surface area (TPSA) is 34.1 Å². The minimum atomic E-state index is -4.41. The van der Waals surface area contributed by atoms with Gasteiger partial charge in [-0.3, -0.25) is 0 Å². The average molecular weight is 234 g/mol. The summed E-state index contributed by atoms with van der Waals surface area (Å²) in [4.78, 5) is 0. The molecule has 0 saturated carbocycles. The minimum absolute atomic E-state index is 0.101. The molecule has 2 nitrogen and oxygen atoms in total. The summed E-state index contributed by atoms with van der Waals surface area (Å²) >= 11 is 0. The molecule has 1 unspecified atom stereocenters. The van der Waals surface area contributed by atoms with Crippen LogP contribution in [0.4, 0.5) is 8.28 Å². The van der Waals surface area contributed by atoms with E-state index in [0.29, 0.717) is 0 Å². The van der Waals surface area contributed by atoms with E-state index >= 15 is 0 Å². The molecule has 1 rings (SSSR count). The lowest BCUT2D eigenvalue weighted by Gasteiger charge is -2.09. The Kier molecular flexibility index (Phi) is 3.79. The molecule has 1 atom stereocenters. The van der Waals surface area contributed by atoms with Crippen LogP contribution in [-0.2, 0) is 10.2 Å². The third-order valence-electron chi connectivity index (χ3n) is 2.23. The maximum Gasteiger partial charge on any atom is 0.302 e. The molecule has 0 aliphatic rings. The molecule has 0 N–H and O–H groups in total. The molecule has 0 amide bonds. The second kappa shape index (κ2) is 4.70. The van der Waals surface area contributed by atoms with Crippen molar-refractivity contribution in [2.24, 2.45) is 0 Å². The lowest BCUT2D eigenvalue weighted by Crippen LogP contribution is -2.03. The van der Waals surface area contributed by atoms with Gasteiger partial charge in [0.05, 0.1) is 5.75 Å². The highest BCUT2D eigenvalue weighted by Gasteiger charge is 2.12. The van der Waals surface area contributed by atoms with Gasteiger partial charge in [0.25, 0.3) is 0 Å². The van der Waals surface area contributed by atoms with Crippen LogP contribution in [0, 0.1) is 5.82 Å². The van der Waals surface area contributed by atoms with E-state index in [1.807, 2.05) is 0 Å². The van der Waals surface area contributed by atoms with Gasteiger partial charge in [-0.05, 0) is 30.0 Å². The summed E-state index contributed by atoms with van der Waals surface area (Å²) in [6.07, 6.45) is 0.199. The van der Waals surface area contributed by atoms with Crippen molar-refractivity contribution in [3.63, 3.8) is 0 Å². The number of benzene rings is 1. The minimum Gasteiger partial charge on any atom is -0.207 e. The molecule has 84 valence electrons. The monoisotopic (exact) mass is 234 g/mol. The summed E-state index contributed by atoms with van der Waals surface area (Å²) in [6.45, 7) is 1.78. The lowest BCUT2D eigenvalue weighted by atomic mass is 9.99. The third-order valence-corrected chi connectivity index (χ3v) is 2.96. The van der Waals surface area contributed by atoms with Gasteiger partial charge in [-0.25, -0.2) is 4.39 Å². The summed E-state index contributed by atoms with van der Waals surface area (Å²) in [5.74, 6) is -0.939. The van der Waals surface area contributed by atoms with Gasteiger partial charge in [0.2, 0.25) is 0 Å². The Bertz CT molecular complexity index is 412. The van der Waals surface area contributed by atoms with Crippen LogP contribution in [0.3, 0.4) is 0 Å². The molecule has 0 bridgehead atoms. The maximum atomic E-state index is 12.6. The van der Waals surface area contributed by atoms with E-state index in [9.17, 15) is 16.7 Å². The number of halogens is 2. The average Bonchev–Trinajstić information content (AvgIpc) is 2.14. The summed E-state index contributed by atoms with van der Waals surface area (Å²) < 4.78 is 45.4. The molecule has 0 saturated heterocycles. The van der Waals surface area contributed by atoms with Crippen LogP contribution in [0.25, 0.3) is 0 Å². The zero-order chi connectivity index (χ0) is 11.5. The molecule has 0 fully saturated rings. The van der Waals surface area contributed by atoms with E-state index in [-0.39, 0.29) is 18.2 Å². The van der Waals surface area contributed by atoms with Crippen molar-refractivity contribution in [1.29, 1.82) is 0 Å². The molecule has 0 heterocycles. The van der Waals surface area contributed by atoms with E-state index in [1.165, 1.54) is 12.1 Å². The van der Waals surface area contributed by atoms with Crippen LogP contribution >= 0.6 is 0 Å². The fraction of sp³-hybridized carbons (Fsp3) is 0.400. The number of rotatable bonds is 4. The Balaban J connectivity index is 2.61. The Labute approximate surface area is 88.1 Å². The van der Waals surface area contributed by atoms with Gasteiger partial charge in [0.1, 0.15) is 5.82 Å². The van der Waals surface area contributed by atoms with Gasteiger partial charge in [-0.1, -0.05) is 19.1 Å². The Morgan fingerprint density at radius 3 is 2.27 bits per heavy atom. The van der Waals surface area contributed by atoms with Crippen molar-refractivity contribution in [1.82, 2.24) is 0 Å². The summed E-state index contributed by atoms with van der Waals surface area (Å²) in [5.41, 5.74) is 0.806. The quantitative estimate of drug-likeness (QED) is 0.750. The van der Waals surface area contributed by atoms with Crippen LogP contribution in [-0.4, -0.2) is 14.2 Å². The third kappa shape index (κ3) is 4.38. The van der Waals surface area contributed by atoms with Crippen molar-refractivity contribution in [2.45, 2.75) is 19.3 Å². The van der Waals surface area contributed by atoms with Crippen LogP contribution in [0.2, 0.25) is 0 Å². The predicted octanol–water partition coefficient (Wildman–Crippen LogP) is 2.62. The Morgan fingerprint density at radius 2 is 1.80 bits per heavy atom. The molecule has 0 aliphatic carbocycles. The number of hydrogen-bond acceptors (Lipinski definition) is 2. The van der Waals surface area contributed by atoms with Gasteiger partial charge in [0.15, 0.2) is 0 Å². The Morgan fingerprint density at radius 1 is 1.27 bits per heavy atom. The molecule has 15 heavy (non-hydrogen) atoms. The fourth-order valence-corrected chi connectivity index (χ4v) is 1.91. The normalized spacial score (nSPS) is 13.8. The maximum absolute atomic E-state index is 12.6. The highest BCUT2D eigenvalue weighted by atomic mass is 32.3. The first-order valence-electron chi connectivity index (χ1n) is 4.56. The largest absolute Gasteiger partial charge is 0.302 e. The Hall–Kier alpha value is -0.970. The molecular weight excluding hydrogens is 222 g/mol. The second-order valence-corrected chi connectivity index (χ2v) is 4.97. The van der Waals surface area contributed by atoms with E-state index in [1.54, 1.807) is 19.1 Å². The van der Waals surface area contributed by atoms with Crippen LogP contribution in [0.1, 0.15) is 24.8 Å². The van der Waals surface area contributed by atoms with Gasteiger partial charge >= 0.3 is 10.2 Å². The highest BCUT2D eigenvalue weighted by Crippen LogP contribution is 2.20. The van der Waals surface area contributed by atoms with E-state index in [0.717, 1.165) is 5.56 Å². The molecule has 1 aromatic carbocycles. The zero-order valence-corrected chi connectivity index (χ0v) is 9.10. The predicted molar refractivity (Wildman–Crippen MR) is 54.3 cm³/mol. The van der Waals surface area contributed by atoms with E-state index in [4.69, 9.17) is 0 Å². The molecule has 0 aliphatic heterocycles. The second-order valence-electron chi connectivity index (χ2n) is 3.48. The highest BCUT2D eigenvalue weighted by molar-refractivity contribution is 7.86. The molecular formula is C10H12F2O2S. The van der Waals surface area contributed by atoms with Gasteiger partial charge in [0, 0.05) is 0 Å². The summed E-state index contributed by atoms with van der Waals surface area (Å²) in [7, 11) is -4.41. The first-order valence-corrected chi connectivity index (χ1v) is 6.11. The standard InChI is InChI=1S/C10H12F2O2S/c1-8(6-7-15(12,13)14)9-2-4-10(11)5-3-9/h2-5,8H,6-7H2,1H3. The molecule has 0 aromatic heterocycles. The number of hydrogen-bond donors (Lipinski definition) is 0. The molecule has 0 spiro atoms. The van der Waals surface area contributed by atoms with Gasteiger partial charge in [-0.15, -0.1) is 3.89 Å². The van der Waals surface area contributed by atoms with Crippen LogP contribution in [0.5, 0.6) is 0 Å². The van der Waals surface area contributed by atoms with Gasteiger partial charge < -0.3 is 0 Å². The van der Waals surface area contributed by atoms with Gasteiger partial charge in [-0.2, -0.15) is 8.42 Å². The smallest absolute Gasteiger partial charge is 0.207 e. The molecule has 0 radical (unpaired) electrons. The molecule has 5 heteroatoms. The lowest BCUT2D eigenvalue weighted by molar-refractivity contribution is 0.545. The molecule has 1 aromatic rings. The zero-order valence-electron chi connectivity index (χ0n) is 8.28. The van der Waals surface area contributed by atoms with Crippen molar-refractivity contribution >= 4 is 10.2 Å². The van der Waals surface area contributed by atoms with Crippen molar-refractivity contribution in [3.05, 3.63) is 35.6 Å². The first-order chi connectivity index (χ1) is 6.88. The van der Waals surface area contributed by atoms with Crippen molar-refractivity contribution < 1.29 is 16.7 Å². The first kappa shape index (κ1) is 12.1. The van der Waals surface area contributed by atoms with Crippen LogP contribution in [0.15, 0.2) is 24.3 Å². The fourth-order valence-electron chi connectivity index (χ4n) is 1.28. The van der Waals surface area contributed by atoms with Crippen LogP contribution < -0.4 is 0 Å². The SMILES string of the molecule is CC(CCS(=O)(=O)F)c1ccc(F)cc1. The van der Waals surface area contributed by atoms with E-state index < -0.39 is 16.0 Å². The summed E-state index contributed by atoms with van der Waals surface area (Å²) in [5, 5.41) is 0.